The largest absolute Gasteiger partial charge is 0.343 e. The molecule has 2 aromatic rings. The summed E-state index contributed by atoms with van der Waals surface area (Å²) < 4.78 is 2.24. The number of aromatic nitrogens is 5. The molecule has 148 valence electrons. The zero-order valence-electron chi connectivity index (χ0n) is 16.7. The minimum absolute atomic E-state index is 0.266. The summed E-state index contributed by atoms with van der Waals surface area (Å²) in [6.45, 7) is 5.46. The minimum Gasteiger partial charge on any atom is -0.343 e. The van der Waals surface area contributed by atoms with Crippen LogP contribution in [-0.4, -0.2) is 67.9 Å². The van der Waals surface area contributed by atoms with E-state index in [1.165, 1.54) is 0 Å². The Bertz CT molecular complexity index is 715. The van der Waals surface area contributed by atoms with Gasteiger partial charge in [0.25, 0.3) is 0 Å². The van der Waals surface area contributed by atoms with Gasteiger partial charge in [-0.1, -0.05) is 0 Å². The molecule has 0 aliphatic carbocycles. The van der Waals surface area contributed by atoms with Crippen LogP contribution in [0.15, 0.2) is 12.4 Å². The van der Waals surface area contributed by atoms with Gasteiger partial charge < -0.3 is 14.4 Å². The molecule has 1 amide bonds. The van der Waals surface area contributed by atoms with Gasteiger partial charge in [0.2, 0.25) is 5.91 Å². The van der Waals surface area contributed by atoms with Crippen molar-refractivity contribution in [2.75, 3.05) is 27.2 Å². The van der Waals surface area contributed by atoms with Crippen LogP contribution in [0.4, 0.5) is 0 Å². The Morgan fingerprint density at radius 3 is 2.70 bits per heavy atom. The number of nitrogens with one attached hydrogen (secondary N) is 1. The van der Waals surface area contributed by atoms with Crippen molar-refractivity contribution in [2.45, 2.75) is 58.0 Å². The van der Waals surface area contributed by atoms with Gasteiger partial charge in [-0.05, 0) is 52.3 Å². The van der Waals surface area contributed by atoms with Gasteiger partial charge in [-0.15, -0.1) is 10.2 Å². The molecule has 1 aliphatic rings. The summed E-state index contributed by atoms with van der Waals surface area (Å²) in [6, 6.07) is 0. The number of amides is 1. The number of carbonyl (C=O) groups excluding carboxylic acids is 1. The standard InChI is InChI=1S/C19H31N7O/c1-4-26-17(14-24(2)3)22-23-19(26)16-8-10-25(11-9-16)18(27)7-5-6-15-12-20-21-13-15/h12-13,16H,4-11,14H2,1-3H3,(H,20,21). The van der Waals surface area contributed by atoms with Gasteiger partial charge in [-0.2, -0.15) is 5.10 Å². The van der Waals surface area contributed by atoms with Crippen LogP contribution in [0, 0.1) is 0 Å². The van der Waals surface area contributed by atoms with Crippen LogP contribution in [0.5, 0.6) is 0 Å². The molecular weight excluding hydrogens is 342 g/mol. The number of aromatic amines is 1. The topological polar surface area (TPSA) is 82.9 Å². The fourth-order valence-corrected chi connectivity index (χ4v) is 3.80. The second-order valence-electron chi connectivity index (χ2n) is 7.57. The summed E-state index contributed by atoms with van der Waals surface area (Å²) in [5, 5.41) is 15.6. The average molecular weight is 374 g/mol. The summed E-state index contributed by atoms with van der Waals surface area (Å²) >= 11 is 0. The van der Waals surface area contributed by atoms with Crippen molar-refractivity contribution in [1.29, 1.82) is 0 Å². The Labute approximate surface area is 160 Å². The monoisotopic (exact) mass is 373 g/mol. The molecule has 1 fully saturated rings. The SMILES string of the molecule is CCn1c(CN(C)C)nnc1C1CCN(C(=O)CCCc2cn[nH]c2)CC1. The highest BCUT2D eigenvalue weighted by Gasteiger charge is 2.27. The number of hydrogen-bond donors (Lipinski definition) is 1. The van der Waals surface area contributed by atoms with E-state index in [0.29, 0.717) is 12.3 Å². The van der Waals surface area contributed by atoms with E-state index in [0.717, 1.165) is 69.1 Å². The molecule has 0 aromatic carbocycles. The number of hydrogen-bond acceptors (Lipinski definition) is 5. The molecule has 0 unspecified atom stereocenters. The van der Waals surface area contributed by atoms with Gasteiger partial charge in [0, 0.05) is 38.2 Å². The zero-order chi connectivity index (χ0) is 19.2. The van der Waals surface area contributed by atoms with Gasteiger partial charge in [0.15, 0.2) is 0 Å². The van der Waals surface area contributed by atoms with Crippen LogP contribution in [0.25, 0.3) is 0 Å². The first-order valence-electron chi connectivity index (χ1n) is 9.90. The van der Waals surface area contributed by atoms with E-state index in [1.807, 2.05) is 31.4 Å². The number of likely N-dealkylation sites (tertiary alicyclic amines) is 1. The van der Waals surface area contributed by atoms with Crippen molar-refractivity contribution in [3.63, 3.8) is 0 Å². The maximum absolute atomic E-state index is 12.5. The fraction of sp³-hybridized carbons (Fsp3) is 0.684. The molecule has 0 bridgehead atoms. The number of rotatable bonds is 8. The number of carbonyl (C=O) groups is 1. The molecule has 1 saturated heterocycles. The summed E-state index contributed by atoms with van der Waals surface area (Å²) in [4.78, 5) is 16.6. The van der Waals surface area contributed by atoms with Crippen LogP contribution in [0.1, 0.15) is 55.7 Å². The highest BCUT2D eigenvalue weighted by atomic mass is 16.2. The third-order valence-electron chi connectivity index (χ3n) is 5.25. The van der Waals surface area contributed by atoms with Crippen molar-refractivity contribution < 1.29 is 4.79 Å². The van der Waals surface area contributed by atoms with Crippen LogP contribution in [-0.2, 0) is 24.3 Å². The van der Waals surface area contributed by atoms with Gasteiger partial charge in [-0.25, -0.2) is 0 Å². The molecule has 0 spiro atoms. The average Bonchev–Trinajstić information content (AvgIpc) is 3.31. The molecule has 0 radical (unpaired) electrons. The second kappa shape index (κ2) is 9.12. The Kier molecular flexibility index (Phi) is 6.60. The third-order valence-corrected chi connectivity index (χ3v) is 5.25. The Morgan fingerprint density at radius 1 is 1.30 bits per heavy atom. The first kappa shape index (κ1) is 19.5. The lowest BCUT2D eigenvalue weighted by molar-refractivity contribution is -0.132. The van der Waals surface area contributed by atoms with Crippen molar-refractivity contribution in [3.8, 4) is 0 Å². The second-order valence-corrected chi connectivity index (χ2v) is 7.57. The van der Waals surface area contributed by atoms with Gasteiger partial charge in [0.05, 0.1) is 12.7 Å². The van der Waals surface area contributed by atoms with E-state index in [9.17, 15) is 4.79 Å². The molecule has 8 heteroatoms. The quantitative estimate of drug-likeness (QED) is 0.763. The Hall–Kier alpha value is -2.22. The molecule has 8 nitrogen and oxygen atoms in total. The number of nitrogens with zero attached hydrogens (tertiary/aromatic N) is 6. The molecule has 3 heterocycles. The predicted octanol–water partition coefficient (Wildman–Crippen LogP) is 1.81. The predicted molar refractivity (Wildman–Crippen MR) is 103 cm³/mol. The van der Waals surface area contributed by atoms with Crippen LogP contribution in [0.3, 0.4) is 0 Å². The number of piperidine rings is 1. The lowest BCUT2D eigenvalue weighted by Crippen LogP contribution is -2.38. The molecule has 1 aliphatic heterocycles. The first-order chi connectivity index (χ1) is 13.1. The van der Waals surface area contributed by atoms with E-state index < -0.39 is 0 Å². The van der Waals surface area contributed by atoms with Crippen molar-refractivity contribution in [1.82, 2.24) is 34.8 Å². The van der Waals surface area contributed by atoms with Crippen molar-refractivity contribution in [3.05, 3.63) is 29.6 Å². The Morgan fingerprint density at radius 2 is 2.07 bits per heavy atom. The van der Waals surface area contributed by atoms with E-state index in [2.05, 4.69) is 36.8 Å². The van der Waals surface area contributed by atoms with E-state index in [-0.39, 0.29) is 5.91 Å². The summed E-state index contributed by atoms with van der Waals surface area (Å²) in [6.07, 6.45) is 8.02. The summed E-state index contributed by atoms with van der Waals surface area (Å²) in [7, 11) is 4.09. The lowest BCUT2D eigenvalue weighted by atomic mass is 9.95. The molecular formula is C19H31N7O. The highest BCUT2D eigenvalue weighted by Crippen LogP contribution is 2.28. The maximum Gasteiger partial charge on any atom is 0.222 e. The van der Waals surface area contributed by atoms with Crippen LogP contribution < -0.4 is 0 Å². The smallest absolute Gasteiger partial charge is 0.222 e. The summed E-state index contributed by atoms with van der Waals surface area (Å²) in [5.41, 5.74) is 1.16. The number of H-pyrrole nitrogens is 1. The van der Waals surface area contributed by atoms with E-state index in [1.54, 1.807) is 0 Å². The number of aryl methyl sites for hydroxylation is 1. The molecule has 0 atom stereocenters. The van der Waals surface area contributed by atoms with E-state index >= 15 is 0 Å². The molecule has 3 rings (SSSR count). The van der Waals surface area contributed by atoms with Gasteiger partial charge in [-0.3, -0.25) is 9.89 Å². The van der Waals surface area contributed by atoms with Gasteiger partial charge >= 0.3 is 0 Å². The minimum atomic E-state index is 0.266. The normalized spacial score (nSPS) is 15.6. The summed E-state index contributed by atoms with van der Waals surface area (Å²) in [5.74, 6) is 2.77. The van der Waals surface area contributed by atoms with Crippen molar-refractivity contribution in [2.24, 2.45) is 0 Å². The lowest BCUT2D eigenvalue weighted by Gasteiger charge is -2.32. The first-order valence-corrected chi connectivity index (χ1v) is 9.90. The molecule has 27 heavy (non-hydrogen) atoms. The molecule has 0 saturated carbocycles. The third kappa shape index (κ3) is 4.94. The molecule has 1 N–H and O–H groups in total. The van der Waals surface area contributed by atoms with E-state index in [4.69, 9.17) is 0 Å². The highest BCUT2D eigenvalue weighted by molar-refractivity contribution is 5.76. The molecule has 2 aromatic heterocycles. The van der Waals surface area contributed by atoms with Gasteiger partial charge in [0.1, 0.15) is 11.6 Å². The van der Waals surface area contributed by atoms with Crippen LogP contribution >= 0.6 is 0 Å². The fourth-order valence-electron chi connectivity index (χ4n) is 3.80. The Balaban J connectivity index is 1.49. The maximum atomic E-state index is 12.5. The van der Waals surface area contributed by atoms with Crippen LogP contribution in [0.2, 0.25) is 0 Å². The van der Waals surface area contributed by atoms with Crippen molar-refractivity contribution >= 4 is 5.91 Å². The zero-order valence-corrected chi connectivity index (χ0v) is 16.7.